The van der Waals surface area contributed by atoms with Gasteiger partial charge in [-0.05, 0) is 32.1 Å². The molecule has 1 fully saturated rings. The van der Waals surface area contributed by atoms with Crippen molar-refractivity contribution in [1.29, 1.82) is 0 Å². The molecule has 0 amide bonds. The molecule has 1 aliphatic carbocycles. The molecular formula is C13H22O2. The van der Waals surface area contributed by atoms with Crippen LogP contribution in [-0.2, 0) is 9.59 Å². The van der Waals surface area contributed by atoms with E-state index in [1.165, 1.54) is 0 Å². The second kappa shape index (κ2) is 4.46. The monoisotopic (exact) mass is 210 g/mol. The topological polar surface area (TPSA) is 34.1 Å². The molecule has 2 nitrogen and oxygen atoms in total. The lowest BCUT2D eigenvalue weighted by atomic mass is 9.64. The van der Waals surface area contributed by atoms with E-state index in [-0.39, 0.29) is 17.1 Å². The van der Waals surface area contributed by atoms with Gasteiger partial charge < -0.3 is 4.79 Å². The number of hydrogen-bond donors (Lipinski definition) is 0. The van der Waals surface area contributed by atoms with Gasteiger partial charge in [0.1, 0.15) is 11.6 Å². The highest BCUT2D eigenvalue weighted by atomic mass is 16.1. The molecule has 0 heterocycles. The van der Waals surface area contributed by atoms with E-state index >= 15 is 0 Å². The molecule has 0 aromatic heterocycles. The normalized spacial score (nSPS) is 30.3. The van der Waals surface area contributed by atoms with Gasteiger partial charge in [-0.1, -0.05) is 20.8 Å². The fourth-order valence-corrected chi connectivity index (χ4v) is 2.36. The third-order valence-electron chi connectivity index (χ3n) is 4.03. The lowest BCUT2D eigenvalue weighted by Crippen LogP contribution is -2.41. The SMILES string of the molecule is CC(=O)CCC1CC[C@@H](C)C(C)(C)C1=O. The molecule has 15 heavy (non-hydrogen) atoms. The number of hydrogen-bond acceptors (Lipinski definition) is 2. The first-order chi connectivity index (χ1) is 6.85. The molecular weight excluding hydrogens is 188 g/mol. The van der Waals surface area contributed by atoms with Crippen molar-refractivity contribution in [3.63, 3.8) is 0 Å². The van der Waals surface area contributed by atoms with Crippen LogP contribution in [0.25, 0.3) is 0 Å². The number of ketones is 2. The average Bonchev–Trinajstić information content (AvgIpc) is 2.14. The highest BCUT2D eigenvalue weighted by Gasteiger charge is 2.41. The average molecular weight is 210 g/mol. The second-order valence-corrected chi connectivity index (χ2v) is 5.50. The first-order valence-corrected chi connectivity index (χ1v) is 5.89. The van der Waals surface area contributed by atoms with Crippen molar-refractivity contribution >= 4 is 11.6 Å². The highest BCUT2D eigenvalue weighted by Crippen LogP contribution is 2.41. The molecule has 86 valence electrons. The number of carbonyl (C=O) groups is 2. The maximum Gasteiger partial charge on any atom is 0.141 e. The summed E-state index contributed by atoms with van der Waals surface area (Å²) in [6.07, 6.45) is 3.39. The maximum absolute atomic E-state index is 12.2. The summed E-state index contributed by atoms with van der Waals surface area (Å²) in [5.41, 5.74) is -0.195. The molecule has 2 heteroatoms. The largest absolute Gasteiger partial charge is 0.300 e. The van der Waals surface area contributed by atoms with Crippen molar-refractivity contribution in [3.05, 3.63) is 0 Å². The Labute approximate surface area is 92.4 Å². The minimum absolute atomic E-state index is 0.125. The van der Waals surface area contributed by atoms with Crippen LogP contribution in [0.2, 0.25) is 0 Å². The molecule has 1 unspecified atom stereocenters. The standard InChI is InChI=1S/C13H22O2/c1-9-5-7-11(8-6-10(2)14)12(15)13(9,3)4/h9,11H,5-8H2,1-4H3/t9-,11?/m1/s1. The summed E-state index contributed by atoms with van der Waals surface area (Å²) >= 11 is 0. The Morgan fingerprint density at radius 1 is 1.40 bits per heavy atom. The Morgan fingerprint density at radius 3 is 2.53 bits per heavy atom. The van der Waals surface area contributed by atoms with Gasteiger partial charge in [0.25, 0.3) is 0 Å². The Kier molecular flexibility index (Phi) is 3.69. The Balaban J connectivity index is 2.62. The van der Waals surface area contributed by atoms with Crippen molar-refractivity contribution in [2.75, 3.05) is 0 Å². The molecule has 0 aliphatic heterocycles. The molecule has 1 rings (SSSR count). The van der Waals surface area contributed by atoms with Crippen LogP contribution in [0.3, 0.4) is 0 Å². The maximum atomic E-state index is 12.2. The van der Waals surface area contributed by atoms with Crippen molar-refractivity contribution in [2.24, 2.45) is 17.3 Å². The fraction of sp³-hybridized carbons (Fsp3) is 0.846. The van der Waals surface area contributed by atoms with Crippen LogP contribution >= 0.6 is 0 Å². The van der Waals surface area contributed by atoms with Crippen molar-refractivity contribution in [3.8, 4) is 0 Å². The van der Waals surface area contributed by atoms with Crippen molar-refractivity contribution in [1.82, 2.24) is 0 Å². The minimum Gasteiger partial charge on any atom is -0.300 e. The van der Waals surface area contributed by atoms with Crippen LogP contribution < -0.4 is 0 Å². The van der Waals surface area contributed by atoms with E-state index in [4.69, 9.17) is 0 Å². The summed E-state index contributed by atoms with van der Waals surface area (Å²) in [5.74, 6) is 1.15. The van der Waals surface area contributed by atoms with Crippen LogP contribution in [-0.4, -0.2) is 11.6 Å². The van der Waals surface area contributed by atoms with Gasteiger partial charge in [-0.25, -0.2) is 0 Å². The predicted molar refractivity (Wildman–Crippen MR) is 60.6 cm³/mol. The molecule has 2 atom stereocenters. The van der Waals surface area contributed by atoms with E-state index in [0.717, 1.165) is 19.3 Å². The van der Waals surface area contributed by atoms with Gasteiger partial charge in [-0.2, -0.15) is 0 Å². The van der Waals surface area contributed by atoms with Gasteiger partial charge in [0.2, 0.25) is 0 Å². The molecule has 1 aliphatic rings. The molecule has 0 spiro atoms. The van der Waals surface area contributed by atoms with Gasteiger partial charge in [-0.15, -0.1) is 0 Å². The zero-order valence-corrected chi connectivity index (χ0v) is 10.3. The molecule has 0 saturated heterocycles. The number of Topliss-reactive ketones (excluding diaryl/α,β-unsaturated/α-hetero) is 2. The van der Waals surface area contributed by atoms with E-state index in [1.54, 1.807) is 6.92 Å². The second-order valence-electron chi connectivity index (χ2n) is 5.50. The first-order valence-electron chi connectivity index (χ1n) is 5.89. The van der Waals surface area contributed by atoms with Crippen molar-refractivity contribution in [2.45, 2.75) is 53.4 Å². The third-order valence-corrected chi connectivity index (χ3v) is 4.03. The smallest absolute Gasteiger partial charge is 0.141 e. The first kappa shape index (κ1) is 12.4. The Hall–Kier alpha value is -0.660. The summed E-state index contributed by atoms with van der Waals surface area (Å²) < 4.78 is 0. The summed E-state index contributed by atoms with van der Waals surface area (Å²) in [4.78, 5) is 23.1. The van der Waals surface area contributed by atoms with Crippen LogP contribution in [0.15, 0.2) is 0 Å². The Morgan fingerprint density at radius 2 is 2.00 bits per heavy atom. The van der Waals surface area contributed by atoms with Crippen LogP contribution in [0.4, 0.5) is 0 Å². The molecule has 0 aromatic carbocycles. The fourth-order valence-electron chi connectivity index (χ4n) is 2.36. The van der Waals surface area contributed by atoms with E-state index in [9.17, 15) is 9.59 Å². The lowest BCUT2D eigenvalue weighted by Gasteiger charge is -2.39. The van der Waals surface area contributed by atoms with E-state index in [2.05, 4.69) is 6.92 Å². The van der Waals surface area contributed by atoms with Crippen LogP contribution in [0.5, 0.6) is 0 Å². The van der Waals surface area contributed by atoms with Gasteiger partial charge in [0.05, 0.1) is 0 Å². The third kappa shape index (κ3) is 2.67. The molecule has 0 bridgehead atoms. The summed E-state index contributed by atoms with van der Waals surface area (Å²) in [6.45, 7) is 7.83. The van der Waals surface area contributed by atoms with E-state index < -0.39 is 0 Å². The molecule has 0 aromatic rings. The van der Waals surface area contributed by atoms with Gasteiger partial charge in [0, 0.05) is 17.8 Å². The molecule has 0 N–H and O–H groups in total. The lowest BCUT2D eigenvalue weighted by molar-refractivity contribution is -0.137. The quantitative estimate of drug-likeness (QED) is 0.717. The summed E-state index contributed by atoms with van der Waals surface area (Å²) in [7, 11) is 0. The Bertz CT molecular complexity index is 266. The number of carbonyl (C=O) groups excluding carboxylic acids is 2. The highest BCUT2D eigenvalue weighted by molar-refractivity contribution is 5.88. The molecule has 0 radical (unpaired) electrons. The summed E-state index contributed by atoms with van der Waals surface area (Å²) in [6, 6.07) is 0. The van der Waals surface area contributed by atoms with Gasteiger partial charge in [-0.3, -0.25) is 4.79 Å². The van der Waals surface area contributed by atoms with Crippen LogP contribution in [0, 0.1) is 17.3 Å². The van der Waals surface area contributed by atoms with Crippen molar-refractivity contribution < 1.29 is 9.59 Å². The zero-order chi connectivity index (χ0) is 11.6. The van der Waals surface area contributed by atoms with Crippen LogP contribution in [0.1, 0.15) is 53.4 Å². The predicted octanol–water partition coefficient (Wildman–Crippen LogP) is 3.00. The summed E-state index contributed by atoms with van der Waals surface area (Å²) in [5, 5.41) is 0. The number of rotatable bonds is 3. The zero-order valence-electron chi connectivity index (χ0n) is 10.3. The van der Waals surface area contributed by atoms with Gasteiger partial charge >= 0.3 is 0 Å². The minimum atomic E-state index is -0.195. The van der Waals surface area contributed by atoms with Gasteiger partial charge in [0.15, 0.2) is 0 Å². The molecule has 1 saturated carbocycles. The van der Waals surface area contributed by atoms with E-state index in [1.807, 2.05) is 13.8 Å². The van der Waals surface area contributed by atoms with E-state index in [0.29, 0.717) is 18.1 Å².